The lowest BCUT2D eigenvalue weighted by molar-refractivity contribution is 0.0928. The average Bonchev–Trinajstić information content (AvgIpc) is 3.14. The first kappa shape index (κ1) is 17.5. The Morgan fingerprint density at radius 1 is 0.963 bits per heavy atom. The Bertz CT molecular complexity index is 881. The van der Waals surface area contributed by atoms with Crippen LogP contribution in [0.25, 0.3) is 11.3 Å². The number of carbonyl (C=O) groups excluding carboxylic acids is 1. The smallest absolute Gasteiger partial charge is 0.255 e. The fourth-order valence-corrected chi connectivity index (χ4v) is 3.76. The molecule has 0 spiro atoms. The van der Waals surface area contributed by atoms with Crippen LogP contribution >= 0.6 is 0 Å². The monoisotopic (exact) mass is 359 g/mol. The minimum atomic E-state index is -0.0138. The van der Waals surface area contributed by atoms with Crippen LogP contribution in [0.2, 0.25) is 0 Å². The number of rotatable bonds is 5. The molecule has 0 radical (unpaired) electrons. The standard InChI is InChI=1S/C23H25N3O/c27-23(24-20-14-8-3-9-15-20)21-17-26(16-18-10-4-1-5-11-18)25-22(21)19-12-6-2-7-13-19/h1-2,4-7,10-13,17,20H,3,8-9,14-16H2,(H,24,27). The second kappa shape index (κ2) is 8.21. The van der Waals surface area contributed by atoms with Crippen molar-refractivity contribution in [1.82, 2.24) is 15.1 Å². The molecule has 1 aromatic heterocycles. The molecule has 27 heavy (non-hydrogen) atoms. The normalized spacial score (nSPS) is 14.8. The van der Waals surface area contributed by atoms with Gasteiger partial charge in [-0.25, -0.2) is 0 Å². The summed E-state index contributed by atoms with van der Waals surface area (Å²) >= 11 is 0. The SMILES string of the molecule is O=C(NC1CCCCC1)c1cn(Cc2ccccc2)nc1-c1ccccc1. The Labute approximate surface area is 160 Å². The maximum Gasteiger partial charge on any atom is 0.255 e. The minimum Gasteiger partial charge on any atom is -0.349 e. The highest BCUT2D eigenvalue weighted by Gasteiger charge is 2.22. The Morgan fingerprint density at radius 2 is 1.63 bits per heavy atom. The fourth-order valence-electron chi connectivity index (χ4n) is 3.76. The molecular weight excluding hydrogens is 334 g/mol. The van der Waals surface area contributed by atoms with Gasteiger partial charge in [0, 0.05) is 17.8 Å². The second-order valence-electron chi connectivity index (χ2n) is 7.25. The van der Waals surface area contributed by atoms with Gasteiger partial charge >= 0.3 is 0 Å². The van der Waals surface area contributed by atoms with Crippen molar-refractivity contribution in [3.63, 3.8) is 0 Å². The molecule has 1 fully saturated rings. The van der Waals surface area contributed by atoms with E-state index >= 15 is 0 Å². The third-order valence-corrected chi connectivity index (χ3v) is 5.18. The highest BCUT2D eigenvalue weighted by atomic mass is 16.1. The summed E-state index contributed by atoms with van der Waals surface area (Å²) in [6, 6.07) is 20.4. The van der Waals surface area contributed by atoms with Gasteiger partial charge in [0.05, 0.1) is 12.1 Å². The van der Waals surface area contributed by atoms with Crippen LogP contribution in [0.1, 0.15) is 48.0 Å². The van der Waals surface area contributed by atoms with Gasteiger partial charge in [0.25, 0.3) is 5.91 Å². The molecule has 2 aromatic carbocycles. The number of hydrogen-bond acceptors (Lipinski definition) is 2. The largest absolute Gasteiger partial charge is 0.349 e. The molecule has 1 aliphatic rings. The number of aromatic nitrogens is 2. The number of carbonyl (C=O) groups is 1. The van der Waals surface area contributed by atoms with E-state index in [1.807, 2.05) is 59.4 Å². The molecule has 3 aromatic rings. The predicted octanol–water partition coefficient (Wildman–Crippen LogP) is 4.66. The first-order valence-corrected chi connectivity index (χ1v) is 9.77. The van der Waals surface area contributed by atoms with Crippen molar-refractivity contribution in [2.75, 3.05) is 0 Å². The van der Waals surface area contributed by atoms with Crippen LogP contribution in [0, 0.1) is 0 Å². The van der Waals surface area contributed by atoms with Crippen LogP contribution in [0.5, 0.6) is 0 Å². The van der Waals surface area contributed by atoms with E-state index in [0.717, 1.165) is 24.1 Å². The summed E-state index contributed by atoms with van der Waals surface area (Å²) in [5.74, 6) is -0.0138. The second-order valence-corrected chi connectivity index (χ2v) is 7.25. The molecular formula is C23H25N3O. The maximum absolute atomic E-state index is 13.0. The summed E-state index contributed by atoms with van der Waals surface area (Å²) in [5, 5.41) is 7.98. The average molecular weight is 359 g/mol. The zero-order chi connectivity index (χ0) is 18.5. The van der Waals surface area contributed by atoms with Gasteiger partial charge in [0.1, 0.15) is 5.69 Å². The van der Waals surface area contributed by atoms with E-state index in [1.165, 1.54) is 24.8 Å². The molecule has 1 heterocycles. The Kier molecular flexibility index (Phi) is 5.33. The summed E-state index contributed by atoms with van der Waals surface area (Å²) in [5.41, 5.74) is 3.54. The number of nitrogens with one attached hydrogen (secondary N) is 1. The van der Waals surface area contributed by atoms with Gasteiger partial charge in [-0.05, 0) is 18.4 Å². The van der Waals surface area contributed by atoms with E-state index in [0.29, 0.717) is 12.1 Å². The lowest BCUT2D eigenvalue weighted by atomic mass is 9.95. The van der Waals surface area contributed by atoms with Crippen molar-refractivity contribution < 1.29 is 4.79 Å². The fraction of sp³-hybridized carbons (Fsp3) is 0.304. The molecule has 1 amide bonds. The van der Waals surface area contributed by atoms with Gasteiger partial charge in [-0.3, -0.25) is 9.48 Å². The van der Waals surface area contributed by atoms with Crippen LogP contribution in [0.3, 0.4) is 0 Å². The van der Waals surface area contributed by atoms with Crippen LogP contribution in [-0.4, -0.2) is 21.7 Å². The summed E-state index contributed by atoms with van der Waals surface area (Å²) in [6.45, 7) is 0.650. The number of amides is 1. The summed E-state index contributed by atoms with van der Waals surface area (Å²) < 4.78 is 1.87. The molecule has 1 N–H and O–H groups in total. The third-order valence-electron chi connectivity index (χ3n) is 5.18. The van der Waals surface area contributed by atoms with Gasteiger partial charge in [-0.1, -0.05) is 79.9 Å². The summed E-state index contributed by atoms with van der Waals surface area (Å²) in [4.78, 5) is 13.0. The molecule has 0 bridgehead atoms. The first-order chi connectivity index (χ1) is 13.3. The molecule has 0 unspecified atom stereocenters. The molecule has 1 aliphatic carbocycles. The lowest BCUT2D eigenvalue weighted by Crippen LogP contribution is -2.36. The van der Waals surface area contributed by atoms with Crippen LogP contribution < -0.4 is 5.32 Å². The van der Waals surface area contributed by atoms with Crippen molar-refractivity contribution in [2.24, 2.45) is 0 Å². The molecule has 4 rings (SSSR count). The molecule has 138 valence electrons. The van der Waals surface area contributed by atoms with E-state index in [2.05, 4.69) is 17.4 Å². The first-order valence-electron chi connectivity index (χ1n) is 9.77. The van der Waals surface area contributed by atoms with E-state index in [4.69, 9.17) is 5.10 Å². The zero-order valence-electron chi connectivity index (χ0n) is 15.5. The molecule has 4 heteroatoms. The summed E-state index contributed by atoms with van der Waals surface area (Å²) in [6.07, 6.45) is 7.70. The van der Waals surface area contributed by atoms with Crippen molar-refractivity contribution in [3.8, 4) is 11.3 Å². The molecule has 0 atom stereocenters. The van der Waals surface area contributed by atoms with Crippen LogP contribution in [0.4, 0.5) is 0 Å². The Balaban J connectivity index is 1.62. The van der Waals surface area contributed by atoms with E-state index in [-0.39, 0.29) is 11.9 Å². The third kappa shape index (κ3) is 4.27. The molecule has 1 saturated carbocycles. The van der Waals surface area contributed by atoms with Gasteiger partial charge in [-0.2, -0.15) is 5.10 Å². The van der Waals surface area contributed by atoms with E-state index < -0.39 is 0 Å². The van der Waals surface area contributed by atoms with Crippen LogP contribution in [-0.2, 0) is 6.54 Å². The van der Waals surface area contributed by atoms with Crippen molar-refractivity contribution >= 4 is 5.91 Å². The van der Waals surface area contributed by atoms with Gasteiger partial charge < -0.3 is 5.32 Å². The lowest BCUT2D eigenvalue weighted by Gasteiger charge is -2.22. The zero-order valence-corrected chi connectivity index (χ0v) is 15.5. The highest BCUT2D eigenvalue weighted by molar-refractivity contribution is 6.00. The van der Waals surface area contributed by atoms with Crippen molar-refractivity contribution in [3.05, 3.63) is 78.0 Å². The number of benzene rings is 2. The quantitative estimate of drug-likeness (QED) is 0.720. The Morgan fingerprint density at radius 3 is 2.33 bits per heavy atom. The van der Waals surface area contributed by atoms with Gasteiger partial charge in [-0.15, -0.1) is 0 Å². The predicted molar refractivity (Wildman–Crippen MR) is 108 cm³/mol. The topological polar surface area (TPSA) is 46.9 Å². The minimum absolute atomic E-state index is 0.0138. The molecule has 0 saturated heterocycles. The van der Waals surface area contributed by atoms with E-state index in [1.54, 1.807) is 0 Å². The van der Waals surface area contributed by atoms with Crippen molar-refractivity contribution in [2.45, 2.75) is 44.7 Å². The summed E-state index contributed by atoms with van der Waals surface area (Å²) in [7, 11) is 0. The number of hydrogen-bond donors (Lipinski definition) is 1. The number of nitrogens with zero attached hydrogens (tertiary/aromatic N) is 2. The van der Waals surface area contributed by atoms with Gasteiger partial charge in [0.2, 0.25) is 0 Å². The molecule has 0 aliphatic heterocycles. The maximum atomic E-state index is 13.0. The Hall–Kier alpha value is -2.88. The van der Waals surface area contributed by atoms with Gasteiger partial charge in [0.15, 0.2) is 0 Å². The van der Waals surface area contributed by atoms with Crippen molar-refractivity contribution in [1.29, 1.82) is 0 Å². The van der Waals surface area contributed by atoms with Crippen LogP contribution in [0.15, 0.2) is 66.9 Å². The molecule has 4 nitrogen and oxygen atoms in total. The van der Waals surface area contributed by atoms with E-state index in [9.17, 15) is 4.79 Å². The highest BCUT2D eigenvalue weighted by Crippen LogP contribution is 2.24.